The SMILES string of the molecule is CNCC1COC(=O)N(Cc2ccncc2)C1. The Morgan fingerprint density at radius 2 is 2.29 bits per heavy atom. The Balaban J connectivity index is 1.96. The molecule has 1 aliphatic heterocycles. The monoisotopic (exact) mass is 235 g/mol. The maximum absolute atomic E-state index is 11.6. The molecule has 0 spiro atoms. The van der Waals surface area contributed by atoms with Crippen molar-refractivity contribution < 1.29 is 9.53 Å². The fourth-order valence-electron chi connectivity index (χ4n) is 1.97. The highest BCUT2D eigenvalue weighted by Crippen LogP contribution is 2.14. The molecule has 2 rings (SSSR count). The van der Waals surface area contributed by atoms with E-state index < -0.39 is 0 Å². The van der Waals surface area contributed by atoms with Gasteiger partial charge in [-0.05, 0) is 24.7 Å². The van der Waals surface area contributed by atoms with Crippen LogP contribution in [-0.4, -0.2) is 42.7 Å². The number of carbonyl (C=O) groups excluding carboxylic acids is 1. The van der Waals surface area contributed by atoms with Gasteiger partial charge in [-0.2, -0.15) is 0 Å². The summed E-state index contributed by atoms with van der Waals surface area (Å²) >= 11 is 0. The predicted molar refractivity (Wildman–Crippen MR) is 63.4 cm³/mol. The molecule has 1 fully saturated rings. The molecule has 1 aromatic rings. The molecule has 1 atom stereocenters. The van der Waals surface area contributed by atoms with Gasteiger partial charge in [0.05, 0.1) is 6.61 Å². The molecule has 0 radical (unpaired) electrons. The zero-order valence-corrected chi connectivity index (χ0v) is 9.93. The van der Waals surface area contributed by atoms with Gasteiger partial charge in [0.1, 0.15) is 0 Å². The molecule has 17 heavy (non-hydrogen) atoms. The summed E-state index contributed by atoms with van der Waals surface area (Å²) in [5.41, 5.74) is 1.07. The summed E-state index contributed by atoms with van der Waals surface area (Å²) in [6.45, 7) is 2.69. The summed E-state index contributed by atoms with van der Waals surface area (Å²) in [6.07, 6.45) is 3.24. The Bertz CT molecular complexity index is 369. The van der Waals surface area contributed by atoms with Gasteiger partial charge < -0.3 is 15.0 Å². The smallest absolute Gasteiger partial charge is 0.410 e. The fourth-order valence-corrected chi connectivity index (χ4v) is 1.97. The fraction of sp³-hybridized carbons (Fsp3) is 0.500. The van der Waals surface area contributed by atoms with Gasteiger partial charge >= 0.3 is 6.09 Å². The highest BCUT2D eigenvalue weighted by molar-refractivity contribution is 5.68. The molecule has 1 aromatic heterocycles. The lowest BCUT2D eigenvalue weighted by molar-refractivity contribution is 0.0407. The molecular formula is C12H17N3O2. The van der Waals surface area contributed by atoms with Gasteiger partial charge in [0.15, 0.2) is 0 Å². The summed E-state index contributed by atoms with van der Waals surface area (Å²) in [4.78, 5) is 17.3. The number of pyridine rings is 1. The van der Waals surface area contributed by atoms with Crippen LogP contribution < -0.4 is 5.32 Å². The minimum absolute atomic E-state index is 0.228. The number of nitrogens with one attached hydrogen (secondary N) is 1. The zero-order valence-electron chi connectivity index (χ0n) is 9.93. The van der Waals surface area contributed by atoms with E-state index in [4.69, 9.17) is 4.74 Å². The normalized spacial score (nSPS) is 20.2. The Morgan fingerprint density at radius 1 is 1.53 bits per heavy atom. The lowest BCUT2D eigenvalue weighted by Crippen LogP contribution is -2.45. The average molecular weight is 235 g/mol. The second-order valence-electron chi connectivity index (χ2n) is 4.24. The van der Waals surface area contributed by atoms with Gasteiger partial charge in [-0.1, -0.05) is 0 Å². The van der Waals surface area contributed by atoms with Crippen LogP contribution in [0.5, 0.6) is 0 Å². The van der Waals surface area contributed by atoms with E-state index >= 15 is 0 Å². The van der Waals surface area contributed by atoms with E-state index in [1.54, 1.807) is 17.3 Å². The Labute approximate surface area is 101 Å². The lowest BCUT2D eigenvalue weighted by Gasteiger charge is -2.32. The van der Waals surface area contributed by atoms with Crippen LogP contribution in [0, 0.1) is 5.92 Å². The van der Waals surface area contributed by atoms with E-state index in [-0.39, 0.29) is 6.09 Å². The van der Waals surface area contributed by atoms with Crippen molar-refractivity contribution in [2.75, 3.05) is 26.7 Å². The first-order valence-corrected chi connectivity index (χ1v) is 5.75. The summed E-state index contributed by atoms with van der Waals surface area (Å²) in [5.74, 6) is 0.361. The van der Waals surface area contributed by atoms with Crippen molar-refractivity contribution in [3.8, 4) is 0 Å². The van der Waals surface area contributed by atoms with Crippen molar-refractivity contribution in [1.29, 1.82) is 0 Å². The van der Waals surface area contributed by atoms with E-state index in [0.29, 0.717) is 19.1 Å². The van der Waals surface area contributed by atoms with Crippen molar-refractivity contribution in [2.45, 2.75) is 6.54 Å². The van der Waals surface area contributed by atoms with E-state index in [0.717, 1.165) is 18.7 Å². The topological polar surface area (TPSA) is 54.5 Å². The lowest BCUT2D eigenvalue weighted by atomic mass is 10.1. The first-order chi connectivity index (χ1) is 8.29. The van der Waals surface area contributed by atoms with Gasteiger partial charge in [0.2, 0.25) is 0 Å². The summed E-state index contributed by atoms with van der Waals surface area (Å²) < 4.78 is 5.16. The van der Waals surface area contributed by atoms with Crippen molar-refractivity contribution in [1.82, 2.24) is 15.2 Å². The Kier molecular flexibility index (Phi) is 3.93. The zero-order chi connectivity index (χ0) is 12.1. The number of rotatable bonds is 4. The third-order valence-corrected chi connectivity index (χ3v) is 2.79. The molecule has 2 heterocycles. The van der Waals surface area contributed by atoms with Crippen LogP contribution in [0.2, 0.25) is 0 Å². The third-order valence-electron chi connectivity index (χ3n) is 2.79. The minimum atomic E-state index is -0.228. The second-order valence-corrected chi connectivity index (χ2v) is 4.24. The van der Waals surface area contributed by atoms with Crippen molar-refractivity contribution in [3.63, 3.8) is 0 Å². The maximum atomic E-state index is 11.6. The largest absolute Gasteiger partial charge is 0.449 e. The number of hydrogen-bond donors (Lipinski definition) is 1. The predicted octanol–water partition coefficient (Wildman–Crippen LogP) is 0.869. The van der Waals surface area contributed by atoms with E-state index in [2.05, 4.69) is 10.3 Å². The van der Waals surface area contributed by atoms with Crippen molar-refractivity contribution >= 4 is 6.09 Å². The molecule has 0 aromatic carbocycles. The summed E-state index contributed by atoms with van der Waals surface area (Å²) in [7, 11) is 1.91. The maximum Gasteiger partial charge on any atom is 0.410 e. The van der Waals surface area contributed by atoms with Gasteiger partial charge in [0, 0.05) is 37.9 Å². The van der Waals surface area contributed by atoms with Crippen LogP contribution in [0.25, 0.3) is 0 Å². The molecule has 0 bridgehead atoms. The molecule has 92 valence electrons. The first kappa shape index (κ1) is 11.9. The van der Waals surface area contributed by atoms with Crippen LogP contribution in [0.1, 0.15) is 5.56 Å². The van der Waals surface area contributed by atoms with Crippen LogP contribution in [0.4, 0.5) is 4.79 Å². The second kappa shape index (κ2) is 5.63. The molecule has 1 saturated heterocycles. The number of nitrogens with zero attached hydrogens (tertiary/aromatic N) is 2. The van der Waals surface area contributed by atoms with Gasteiger partial charge in [0.25, 0.3) is 0 Å². The van der Waals surface area contributed by atoms with Crippen molar-refractivity contribution in [2.24, 2.45) is 5.92 Å². The van der Waals surface area contributed by atoms with E-state index in [9.17, 15) is 4.79 Å². The van der Waals surface area contributed by atoms with Gasteiger partial charge in [-0.25, -0.2) is 4.79 Å². The quantitative estimate of drug-likeness (QED) is 0.841. The average Bonchev–Trinajstić information content (AvgIpc) is 2.35. The molecule has 0 aliphatic carbocycles. The van der Waals surface area contributed by atoms with Gasteiger partial charge in [-0.3, -0.25) is 4.98 Å². The Hall–Kier alpha value is -1.62. The molecule has 1 aliphatic rings. The van der Waals surface area contributed by atoms with Crippen LogP contribution in [0.15, 0.2) is 24.5 Å². The number of carbonyl (C=O) groups is 1. The standard InChI is InChI=1S/C12H17N3O2/c1-13-6-11-8-15(12(16)17-9-11)7-10-2-4-14-5-3-10/h2-5,11,13H,6-9H2,1H3. The third kappa shape index (κ3) is 3.17. The number of ether oxygens (including phenoxy) is 1. The minimum Gasteiger partial charge on any atom is -0.449 e. The van der Waals surface area contributed by atoms with Crippen LogP contribution in [-0.2, 0) is 11.3 Å². The highest BCUT2D eigenvalue weighted by Gasteiger charge is 2.26. The summed E-state index contributed by atoms with van der Waals surface area (Å²) in [5, 5.41) is 3.11. The molecule has 1 N–H and O–H groups in total. The van der Waals surface area contributed by atoms with E-state index in [1.165, 1.54) is 0 Å². The molecule has 5 heteroatoms. The summed E-state index contributed by atoms with van der Waals surface area (Å²) in [6, 6.07) is 3.82. The van der Waals surface area contributed by atoms with Gasteiger partial charge in [-0.15, -0.1) is 0 Å². The molecule has 0 saturated carbocycles. The molecular weight excluding hydrogens is 218 g/mol. The Morgan fingerprint density at radius 3 is 3.00 bits per heavy atom. The van der Waals surface area contributed by atoms with Crippen LogP contribution in [0.3, 0.4) is 0 Å². The highest BCUT2D eigenvalue weighted by atomic mass is 16.6. The van der Waals surface area contributed by atoms with Crippen molar-refractivity contribution in [3.05, 3.63) is 30.1 Å². The number of cyclic esters (lactones) is 1. The number of aromatic nitrogens is 1. The number of hydrogen-bond acceptors (Lipinski definition) is 4. The number of amides is 1. The van der Waals surface area contributed by atoms with E-state index in [1.807, 2.05) is 19.2 Å². The molecule has 1 amide bonds. The molecule has 5 nitrogen and oxygen atoms in total. The molecule has 1 unspecified atom stereocenters. The van der Waals surface area contributed by atoms with Crippen LogP contribution >= 0.6 is 0 Å². The first-order valence-electron chi connectivity index (χ1n) is 5.75.